The Bertz CT molecular complexity index is 4570. The standard InChI is InChI=1S/C22H28F2N2O4.2C22H28FN3O4.C22H27N5O4/c1-21(23,24)16-2-3-18(25-11-16)29-17-4-5-26(12-17)20(27)30-19-14-6-13-7-15(19)10-22(28,8-13)9-14;2*1-12-4-17(23)19(25-10-12)29-16-2-3-26(11-16)21(28)30-18-14-5-13-6-15(18)9-22(7-13,8-14)20(24)27;23-20(28)22-9-13-7-14(10-22)19(15(8-13)11-22)31-21(29)26-5-3-16(12-26)30-18-2-1-17-24-4-6-27(17)25-18/h2-3,11,13-15,17,19,28H,4-10,12H2,1H3;2*4,10,13-16,18H,2-3,5-9,11H2,1H3,(H2,24,27);1-2,4,6,13-16,19H,3,5,7-12H2,(H2,23,28)/t13?,14?,15?,17-,19?,22?;2*13?,14?,15?,16-,18?,22?;13?,14?,15?,16-,19?,22?/m1101/s1. The van der Waals surface area contributed by atoms with Crippen molar-refractivity contribution in [3.05, 3.63) is 95.7 Å². The molecule has 0 aromatic carbocycles. The quantitative estimate of drug-likeness (QED) is 0.0526. The molecule has 20 fully saturated rings. The third-order valence-electron chi connectivity index (χ3n) is 30.3. The number of hydrogen-bond donors (Lipinski definition) is 4. The van der Waals surface area contributed by atoms with Crippen molar-refractivity contribution in [3.8, 4) is 23.5 Å². The van der Waals surface area contributed by atoms with Gasteiger partial charge < -0.3 is 79.8 Å². The van der Waals surface area contributed by atoms with E-state index in [4.69, 9.17) is 55.1 Å². The van der Waals surface area contributed by atoms with Gasteiger partial charge in [-0.2, -0.15) is 0 Å². The van der Waals surface area contributed by atoms with Crippen LogP contribution >= 0.6 is 0 Å². The molecule has 7 amide bonds. The largest absolute Gasteiger partial charge is 0.472 e. The van der Waals surface area contributed by atoms with Crippen LogP contribution in [0.1, 0.15) is 178 Å². The van der Waals surface area contributed by atoms with Gasteiger partial charge in [-0.1, -0.05) is 0 Å². The molecule has 0 radical (unpaired) electrons. The van der Waals surface area contributed by atoms with E-state index in [1.165, 1.54) is 24.3 Å². The molecule has 7 N–H and O–H groups in total. The second kappa shape index (κ2) is 32.3. The predicted octanol–water partition coefficient (Wildman–Crippen LogP) is 11.3. The molecule has 16 aliphatic carbocycles. The van der Waals surface area contributed by atoms with E-state index in [0.29, 0.717) is 101 Å². The van der Waals surface area contributed by atoms with Gasteiger partial charge in [0.05, 0.1) is 48.0 Å². The van der Waals surface area contributed by atoms with E-state index in [1.54, 1.807) is 68.8 Å². The summed E-state index contributed by atoms with van der Waals surface area (Å²) in [6, 6.07) is 9.17. The summed E-state index contributed by atoms with van der Waals surface area (Å²) in [5.41, 5.74) is 17.6. The molecule has 4 saturated heterocycles. The zero-order chi connectivity index (χ0) is 84.3. The number of imidazole rings is 1. The van der Waals surface area contributed by atoms with Crippen molar-refractivity contribution in [1.82, 2.24) is 49.1 Å². The number of fused-ring (bicyclic) bond motifs is 1. The lowest BCUT2D eigenvalue weighted by atomic mass is 9.48. The molecular weight excluding hydrogens is 1570 g/mol. The van der Waals surface area contributed by atoms with E-state index in [0.717, 1.165) is 165 Å². The maximum Gasteiger partial charge on any atom is 0.410 e. The first kappa shape index (κ1) is 82.4. The summed E-state index contributed by atoms with van der Waals surface area (Å²) in [4.78, 5) is 110. The molecule has 16 bridgehead atoms. The molecule has 33 heteroatoms. The lowest BCUT2D eigenvalue weighted by Crippen LogP contribution is -2.59. The van der Waals surface area contributed by atoms with Gasteiger partial charge in [0.1, 0.15) is 48.8 Å². The molecule has 8 unspecified atom stereocenters. The number of aromatic nitrogens is 6. The van der Waals surface area contributed by atoms with Gasteiger partial charge in [0.15, 0.2) is 17.3 Å². The highest BCUT2D eigenvalue weighted by atomic mass is 19.3. The smallest absolute Gasteiger partial charge is 0.410 e. The van der Waals surface area contributed by atoms with Crippen molar-refractivity contribution in [2.75, 3.05) is 52.4 Å². The first-order valence-electron chi connectivity index (χ1n) is 43.8. The number of nitrogens with zero attached hydrogens (tertiary/aromatic N) is 10. The highest BCUT2D eigenvalue weighted by Gasteiger charge is 2.63. The second-order valence-electron chi connectivity index (χ2n) is 39.1. The molecule has 16 saturated carbocycles. The number of amides is 7. The number of carbonyl (C=O) groups is 7. The summed E-state index contributed by atoms with van der Waals surface area (Å²) in [5.74, 6) is 0.311. The van der Waals surface area contributed by atoms with Crippen LogP contribution in [0.3, 0.4) is 0 Å². The van der Waals surface area contributed by atoms with Crippen LogP contribution in [-0.4, -0.2) is 203 Å². The lowest BCUT2D eigenvalue weighted by Gasteiger charge is -2.58. The number of ether oxygens (including phenoxy) is 8. The zero-order valence-electron chi connectivity index (χ0n) is 68.8. The number of likely N-dealkylation sites (tertiary alicyclic amines) is 4. The minimum absolute atomic E-state index is 0.0291. The van der Waals surface area contributed by atoms with Gasteiger partial charge >= 0.3 is 24.4 Å². The Morgan fingerprint density at radius 1 is 0.438 bits per heavy atom. The maximum absolute atomic E-state index is 14.0. The molecule has 12 atom stereocenters. The molecule has 5 aromatic rings. The Labute approximate surface area is 699 Å². The van der Waals surface area contributed by atoms with Crippen LogP contribution < -0.4 is 36.1 Å². The number of pyridine rings is 3. The third kappa shape index (κ3) is 16.9. The average molecular weight is 1680 g/mol. The summed E-state index contributed by atoms with van der Waals surface area (Å²) >= 11 is 0. The first-order valence-corrected chi connectivity index (χ1v) is 43.8. The van der Waals surface area contributed by atoms with Crippen molar-refractivity contribution in [2.45, 2.75) is 235 Å². The molecule has 4 aliphatic heterocycles. The molecule has 0 spiro atoms. The van der Waals surface area contributed by atoms with Gasteiger partial charge in [-0.25, -0.2) is 61.2 Å². The number of aryl methyl sites for hydroxylation is 2. The summed E-state index contributed by atoms with van der Waals surface area (Å²) in [6.07, 6.45) is 25.3. The van der Waals surface area contributed by atoms with Crippen LogP contribution in [0.2, 0.25) is 0 Å². The highest BCUT2D eigenvalue weighted by molar-refractivity contribution is 5.83. The Morgan fingerprint density at radius 2 is 0.777 bits per heavy atom. The average Bonchev–Trinajstić information content (AvgIpc) is 1.31. The lowest BCUT2D eigenvalue weighted by molar-refractivity contribution is -0.177. The minimum Gasteiger partial charge on any atom is -0.472 e. The van der Waals surface area contributed by atoms with Crippen molar-refractivity contribution in [3.63, 3.8) is 0 Å². The molecule has 20 aliphatic rings. The van der Waals surface area contributed by atoms with Gasteiger partial charge in [-0.05, 0) is 249 Å². The van der Waals surface area contributed by atoms with E-state index in [2.05, 4.69) is 25.0 Å². The van der Waals surface area contributed by atoms with E-state index >= 15 is 0 Å². The van der Waals surface area contributed by atoms with Gasteiger partial charge in [0.25, 0.3) is 17.7 Å². The Balaban J connectivity index is 0.000000110. The maximum atomic E-state index is 14.0. The number of rotatable bonds is 16. The second-order valence-corrected chi connectivity index (χ2v) is 39.1. The monoisotopic (exact) mass is 1680 g/mol. The zero-order valence-corrected chi connectivity index (χ0v) is 68.8. The fourth-order valence-electron chi connectivity index (χ4n) is 25.7. The van der Waals surface area contributed by atoms with Gasteiger partial charge in [-0.3, -0.25) is 14.4 Å². The number of nitrogens with two attached hydrogens (primary N) is 3. The Kier molecular flexibility index (Phi) is 22.0. The van der Waals surface area contributed by atoms with Gasteiger partial charge in [0.2, 0.25) is 29.5 Å². The number of hydrogen-bond acceptors (Lipinski definition) is 21. The molecule has 5 aromatic heterocycles. The SMILES string of the molecule is CC(F)(F)c1ccc(O[C@@H]2CCN(C(=O)OC3C4CC5CC3CC(O)(C5)C4)C2)nc1.Cc1cnc(O[C@@H]2CCN(C(=O)OC3C4CC5CC3CC(C(N)=O)(C5)C4)C2)c(F)c1.Cc1cnc(O[C@H]2CCN(C(=O)OC3C4CC5CC3CC(C(N)=O)(C5)C4)C2)c(F)c1.NC(=O)C12CC3CC(C1)C(OC(=O)N1CC[C@@H](Oc4ccc5nccn5n4)C1)C(C3)C2. The minimum atomic E-state index is -2.94. The summed E-state index contributed by atoms with van der Waals surface area (Å²) < 4.78 is 103. The van der Waals surface area contributed by atoms with E-state index < -0.39 is 34.0 Å². The van der Waals surface area contributed by atoms with Gasteiger partial charge in [-0.15, -0.1) is 5.10 Å². The molecule has 25 rings (SSSR count). The van der Waals surface area contributed by atoms with Crippen LogP contribution in [0.5, 0.6) is 23.5 Å². The normalized spacial score (nSPS) is 36.8. The third-order valence-corrected chi connectivity index (χ3v) is 30.3. The van der Waals surface area contributed by atoms with Crippen LogP contribution in [0.4, 0.5) is 36.7 Å². The predicted molar refractivity (Wildman–Crippen MR) is 422 cm³/mol. The number of aliphatic hydroxyl groups is 1. The molecular formula is C88H111F4N13O16. The number of carbonyl (C=O) groups excluding carboxylic acids is 7. The molecule has 9 heterocycles. The molecule has 121 heavy (non-hydrogen) atoms. The summed E-state index contributed by atoms with van der Waals surface area (Å²) in [7, 11) is 0. The van der Waals surface area contributed by atoms with Crippen LogP contribution in [0.25, 0.3) is 5.65 Å². The Hall–Kier alpha value is -9.56. The Morgan fingerprint density at radius 3 is 1.11 bits per heavy atom. The summed E-state index contributed by atoms with van der Waals surface area (Å²) in [6.45, 7) is 8.09. The highest BCUT2D eigenvalue weighted by Crippen LogP contribution is 2.64. The van der Waals surface area contributed by atoms with Crippen LogP contribution in [0.15, 0.2) is 67.4 Å². The fraction of sp³-hybridized carbons (Fsp3) is 0.682. The number of primary amides is 3. The van der Waals surface area contributed by atoms with Crippen LogP contribution in [0, 0.1) is 113 Å². The van der Waals surface area contributed by atoms with E-state index in [-0.39, 0.29) is 167 Å². The van der Waals surface area contributed by atoms with Crippen molar-refractivity contribution >= 4 is 47.7 Å². The van der Waals surface area contributed by atoms with E-state index in [9.17, 15) is 56.2 Å². The molecule has 29 nitrogen and oxygen atoms in total. The van der Waals surface area contributed by atoms with Crippen molar-refractivity contribution < 1.29 is 94.1 Å². The number of halogens is 4. The molecule has 652 valence electrons. The number of alkyl halides is 2. The van der Waals surface area contributed by atoms with Crippen molar-refractivity contribution in [2.24, 2.45) is 104 Å². The fourth-order valence-corrected chi connectivity index (χ4v) is 25.7. The van der Waals surface area contributed by atoms with Gasteiger partial charge in [0, 0.05) is 107 Å². The van der Waals surface area contributed by atoms with Crippen molar-refractivity contribution in [1.29, 1.82) is 0 Å². The summed E-state index contributed by atoms with van der Waals surface area (Å²) in [5, 5.41) is 15.1. The van der Waals surface area contributed by atoms with Crippen LogP contribution in [-0.2, 0) is 39.3 Å². The first-order chi connectivity index (χ1) is 57.8. The van der Waals surface area contributed by atoms with E-state index in [1.807, 2.05) is 6.07 Å². The topological polar surface area (TPSA) is 373 Å².